The molecule has 13 rings (SSSR count). The molecule has 17 heteroatoms. The Hall–Kier alpha value is -9.84. The van der Waals surface area contributed by atoms with Crippen LogP contribution in [0.5, 0.6) is 40.2 Å². The third kappa shape index (κ3) is 45.4. The van der Waals surface area contributed by atoms with E-state index in [2.05, 4.69) is 263 Å². The van der Waals surface area contributed by atoms with Crippen molar-refractivity contribution in [3.05, 3.63) is 244 Å². The monoisotopic (exact) mass is 2040 g/mol. The molecule has 148 heavy (non-hydrogen) atoms. The van der Waals surface area contributed by atoms with Crippen molar-refractivity contribution in [2.45, 2.75) is 456 Å². The van der Waals surface area contributed by atoms with Gasteiger partial charge in [0.2, 0.25) is 0 Å². The molecule has 0 amide bonds. The average molecular weight is 2040 g/mol. The highest BCUT2D eigenvalue weighted by atomic mass is 16.7. The molecule has 822 valence electrons. The summed E-state index contributed by atoms with van der Waals surface area (Å²) >= 11 is 0. The van der Waals surface area contributed by atoms with Crippen LogP contribution in [-0.4, -0.2) is 103 Å². The van der Waals surface area contributed by atoms with Gasteiger partial charge in [0, 0.05) is 0 Å². The smallest absolute Gasteiger partial charge is 0.344 e. The van der Waals surface area contributed by atoms with E-state index >= 15 is 0 Å². The Balaban J connectivity index is 0.000000268. The molecule has 5 fully saturated rings. The van der Waals surface area contributed by atoms with Gasteiger partial charge in [0.05, 0.1) is 18.8 Å². The quantitative estimate of drug-likeness (QED) is 0.0152. The van der Waals surface area contributed by atoms with Crippen molar-refractivity contribution in [1.82, 2.24) is 0 Å². The van der Waals surface area contributed by atoms with Gasteiger partial charge in [-0.1, -0.05) is 229 Å². The molecule has 0 heterocycles. The highest BCUT2D eigenvalue weighted by Crippen LogP contribution is 2.61. The Morgan fingerprint density at radius 3 is 0.845 bits per heavy atom. The lowest BCUT2D eigenvalue weighted by Crippen LogP contribution is -2.59. The molecule has 5 aliphatic rings. The summed E-state index contributed by atoms with van der Waals surface area (Å²) in [5, 5.41) is 0. The normalized spacial score (nSPS) is 18.4. The summed E-state index contributed by atoms with van der Waals surface area (Å²) in [5.41, 5.74) is 9.68. The van der Waals surface area contributed by atoms with Crippen molar-refractivity contribution >= 4 is 23.9 Å². The first kappa shape index (κ1) is 127. The maximum atomic E-state index is 12.6. The first-order chi connectivity index (χ1) is 70.1. The van der Waals surface area contributed by atoms with E-state index in [0.29, 0.717) is 83.7 Å². The summed E-state index contributed by atoms with van der Waals surface area (Å²) in [6.45, 7) is 68.4. The fourth-order valence-corrected chi connectivity index (χ4v) is 18.9. The first-order valence-electron chi connectivity index (χ1n) is 56.6. The van der Waals surface area contributed by atoms with Crippen LogP contribution in [0.4, 0.5) is 0 Å². The van der Waals surface area contributed by atoms with E-state index in [1.165, 1.54) is 89.5 Å². The number of hydrogen-bond acceptors (Lipinski definition) is 17. The maximum absolute atomic E-state index is 12.6. The molecule has 4 bridgehead atoms. The molecule has 17 nitrogen and oxygen atoms in total. The maximum Gasteiger partial charge on any atom is 0.344 e. The zero-order valence-corrected chi connectivity index (χ0v) is 97.6. The van der Waals surface area contributed by atoms with Crippen LogP contribution in [0.2, 0.25) is 0 Å². The van der Waals surface area contributed by atoms with E-state index in [-0.39, 0.29) is 78.7 Å². The van der Waals surface area contributed by atoms with Gasteiger partial charge in [0.1, 0.15) is 73.9 Å². The van der Waals surface area contributed by atoms with Gasteiger partial charge in [-0.25, -0.2) is 19.2 Å². The van der Waals surface area contributed by atoms with Gasteiger partial charge in [-0.3, -0.25) is 0 Å². The second kappa shape index (κ2) is 63.5. The zero-order chi connectivity index (χ0) is 110. The average Bonchev–Trinajstić information content (AvgIpc) is 1.02. The molecule has 5 saturated carbocycles. The van der Waals surface area contributed by atoms with Gasteiger partial charge < -0.3 is 61.6 Å². The number of hydrogen-bond donors (Lipinski definition) is 0. The molecule has 0 saturated heterocycles. The number of carbonyl (C=O) groups is 4. The topological polar surface area (TPSA) is 188 Å². The Morgan fingerprint density at radius 1 is 0.304 bits per heavy atom. The summed E-state index contributed by atoms with van der Waals surface area (Å²) in [7, 11) is 0. The number of unbranched alkanes of at least 4 members (excludes halogenated alkanes) is 1. The van der Waals surface area contributed by atoms with Crippen LogP contribution in [0.15, 0.2) is 194 Å². The fraction of sp³-hybridized carbons (Fsp3) is 0.603. The van der Waals surface area contributed by atoms with Gasteiger partial charge >= 0.3 is 23.9 Å². The number of esters is 4. The molecule has 10 unspecified atom stereocenters. The predicted molar refractivity (Wildman–Crippen MR) is 609 cm³/mol. The van der Waals surface area contributed by atoms with Gasteiger partial charge in [0.25, 0.3) is 0 Å². The predicted octanol–water partition coefficient (Wildman–Crippen LogP) is 35.5. The number of ether oxygens (including phenoxy) is 13. The molecular weight excluding hydrogens is 1850 g/mol. The third-order valence-corrected chi connectivity index (χ3v) is 30.0. The van der Waals surface area contributed by atoms with Crippen molar-refractivity contribution in [2.24, 2.45) is 23.7 Å². The molecule has 0 radical (unpaired) electrons. The van der Waals surface area contributed by atoms with Crippen molar-refractivity contribution in [2.75, 3.05) is 33.0 Å². The van der Waals surface area contributed by atoms with E-state index in [9.17, 15) is 19.2 Å². The lowest BCUT2D eigenvalue weighted by molar-refractivity contribution is -0.212. The van der Waals surface area contributed by atoms with Gasteiger partial charge in [-0.2, -0.15) is 0 Å². The van der Waals surface area contributed by atoms with Crippen LogP contribution in [0, 0.1) is 23.7 Å². The summed E-state index contributed by atoms with van der Waals surface area (Å²) in [6, 6.07) is 65.3. The minimum Gasteiger partial charge on any atom is -0.488 e. The number of benzene rings is 8. The summed E-state index contributed by atoms with van der Waals surface area (Å²) in [6.07, 6.45) is 23.9. The fourth-order valence-electron chi connectivity index (χ4n) is 18.9. The molecule has 0 spiro atoms. The van der Waals surface area contributed by atoms with Crippen LogP contribution in [0.1, 0.15) is 465 Å². The number of carbonyl (C=O) groups excluding carboxylic acids is 4. The van der Waals surface area contributed by atoms with Crippen molar-refractivity contribution in [3.8, 4) is 40.2 Å². The first-order valence-corrected chi connectivity index (χ1v) is 56.6. The van der Waals surface area contributed by atoms with Crippen molar-refractivity contribution < 1.29 is 80.8 Å². The van der Waals surface area contributed by atoms with Gasteiger partial charge in [-0.05, 0) is 444 Å². The summed E-state index contributed by atoms with van der Waals surface area (Å²) in [5.74, 6) is 12.2. The minimum atomic E-state index is -0.471. The zero-order valence-electron chi connectivity index (χ0n) is 97.6. The highest BCUT2D eigenvalue weighted by molar-refractivity contribution is 5.89. The standard InChI is InChI=1S/C28H42O4.C24H34O3.C19H28O3.C16H24O3.C15H22O2.C15H24O.C14H22O/c1-7-21(3)25-11-15-27(16-12-25)31-23(5)29-19-9-10-20-30-24(6)32-28-17-13-26(14-18-28)22(4)8-2;1-4-16(3)19-6-8-22(9-7-19)26-15-23(25)27-24(5-2)20-11-17-10-18(13-20)14-21(24)12-17;1-4-15(3)16-8-10-17(11-9-16)21-14-18(20)22-19(5-2)12-6-7-13-19;1-6-12(2)13-7-9-14(10-8-13)18-11-15(17)19-16(3,4)5;1-6-11(2)12-7-9-13(10-8-12)14(16)17-15(3,4)5;1-6-12(3)13-8-10-14(11-9-13)16-15(4,5)7-2;1-6-11(2)12-7-9-13(10-8-12)15-14(3,4)5/h11-18,21-24H,7-10,19-20H2,1-6H3;6-9,16-18,20-21H,4-5,10-15H2,1-3H3;8-11,15H,4-7,12-14H2,1-3H3;7-10,12H,6,11H2,1-5H3;7-11H,6H2,1-5H3;8-12H,6-7H2,1-5H3;7-11H,6H2,1-5H3. The molecule has 0 aromatic heterocycles. The van der Waals surface area contributed by atoms with Crippen LogP contribution in [-0.2, 0) is 42.8 Å². The highest BCUT2D eigenvalue weighted by Gasteiger charge is 2.59. The largest absolute Gasteiger partial charge is 0.488 e. The molecular formula is C131H196O17. The van der Waals surface area contributed by atoms with E-state index in [1.807, 2.05) is 152 Å². The van der Waals surface area contributed by atoms with E-state index in [1.54, 1.807) is 0 Å². The van der Waals surface area contributed by atoms with E-state index < -0.39 is 11.2 Å². The second-order valence-corrected chi connectivity index (χ2v) is 45.6. The van der Waals surface area contributed by atoms with Crippen LogP contribution in [0.25, 0.3) is 0 Å². The molecule has 8 aromatic rings. The van der Waals surface area contributed by atoms with E-state index in [4.69, 9.17) is 61.6 Å². The molecule has 0 aliphatic heterocycles. The minimum absolute atomic E-state index is 0.00950. The van der Waals surface area contributed by atoms with Crippen LogP contribution < -0.4 is 33.2 Å². The second-order valence-electron chi connectivity index (χ2n) is 45.6. The van der Waals surface area contributed by atoms with Gasteiger partial charge in [0.15, 0.2) is 32.4 Å². The lowest BCUT2D eigenvalue weighted by Gasteiger charge is -2.60. The number of rotatable bonds is 45. The SMILES string of the molecule is CCC(C)c1ccc(C(=O)OC(C)(C)C)cc1.CCC(C)c1ccc(OC(C)(C)C)cc1.CCC(C)c1ccc(OC(C)(C)CC)cc1.CCC(C)c1ccc(OC(C)OCCCCOC(C)Oc2ccc(C(C)CC)cc2)cc1.CCC(C)c1ccc(OCC(=O)OC(C)(C)C)cc1.CCC(C)c1ccc(OCC(=O)OC2(CC)C3CC4CC(C3)CC2C4)cc1.CCC(C)c1ccc(OCC(=O)OC2(CC)CCCC2)cc1. The summed E-state index contributed by atoms with van der Waals surface area (Å²) in [4.78, 5) is 48.0. The molecule has 8 aromatic carbocycles. The molecule has 0 N–H and O–H groups in total. The third-order valence-electron chi connectivity index (χ3n) is 30.0. The molecule has 5 aliphatic carbocycles. The van der Waals surface area contributed by atoms with Crippen molar-refractivity contribution in [1.29, 1.82) is 0 Å². The van der Waals surface area contributed by atoms with Crippen LogP contribution in [0.3, 0.4) is 0 Å². The summed E-state index contributed by atoms with van der Waals surface area (Å²) < 4.78 is 74.0. The van der Waals surface area contributed by atoms with Gasteiger partial charge in [-0.15, -0.1) is 0 Å². The molecule has 10 atom stereocenters. The Bertz CT molecular complexity index is 4900. The lowest BCUT2D eigenvalue weighted by atomic mass is 9.49. The Kier molecular flexibility index (Phi) is 54.4. The van der Waals surface area contributed by atoms with Crippen molar-refractivity contribution in [3.63, 3.8) is 0 Å². The van der Waals surface area contributed by atoms with E-state index in [0.717, 1.165) is 143 Å². The Labute approximate surface area is 896 Å². The Morgan fingerprint density at radius 2 is 0.574 bits per heavy atom. The van der Waals surface area contributed by atoms with Crippen LogP contribution >= 0.6 is 0 Å².